The van der Waals surface area contributed by atoms with E-state index >= 15 is 0 Å². The van der Waals surface area contributed by atoms with Gasteiger partial charge in [0, 0.05) is 17.5 Å². The topological polar surface area (TPSA) is 65.2 Å². The van der Waals surface area contributed by atoms with Crippen LogP contribution in [0.25, 0.3) is 22.6 Å². The van der Waals surface area contributed by atoms with Crippen LogP contribution < -0.4 is 0 Å². The number of carbonyl (C=O) groups is 1. The third-order valence-corrected chi connectivity index (χ3v) is 4.63. The summed E-state index contributed by atoms with van der Waals surface area (Å²) in [6.45, 7) is 4.43. The van der Waals surface area contributed by atoms with Crippen molar-refractivity contribution in [3.63, 3.8) is 0 Å². The Labute approximate surface area is 169 Å². The third kappa shape index (κ3) is 4.51. The average molecular weight is 386 g/mol. The van der Waals surface area contributed by atoms with Crippen LogP contribution in [-0.2, 0) is 11.2 Å². The van der Waals surface area contributed by atoms with E-state index in [1.807, 2.05) is 44.2 Å². The lowest BCUT2D eigenvalue weighted by molar-refractivity contribution is 0.0500. The zero-order valence-electron chi connectivity index (χ0n) is 16.5. The quantitative estimate of drug-likeness (QED) is 0.332. The Morgan fingerprint density at radius 2 is 1.86 bits per heavy atom. The van der Waals surface area contributed by atoms with E-state index in [1.54, 1.807) is 24.4 Å². The van der Waals surface area contributed by atoms with Crippen molar-refractivity contribution in [2.45, 2.75) is 26.7 Å². The Morgan fingerprint density at radius 1 is 1.03 bits per heavy atom. The van der Waals surface area contributed by atoms with E-state index in [4.69, 9.17) is 9.15 Å². The van der Waals surface area contributed by atoms with Gasteiger partial charge in [-0.2, -0.15) is 0 Å². The molecule has 0 fully saturated rings. The second-order valence-electron chi connectivity index (χ2n) is 7.14. The van der Waals surface area contributed by atoms with E-state index in [0.29, 0.717) is 29.2 Å². The molecule has 0 amide bonds. The molecule has 0 aliphatic carbocycles. The number of esters is 1. The van der Waals surface area contributed by atoms with Gasteiger partial charge in [-0.3, -0.25) is 4.98 Å². The van der Waals surface area contributed by atoms with Gasteiger partial charge in [-0.1, -0.05) is 23.3 Å². The van der Waals surface area contributed by atoms with Crippen LogP contribution in [0.5, 0.6) is 0 Å². The highest BCUT2D eigenvalue weighted by molar-refractivity contribution is 5.93. The molecule has 2 aromatic heterocycles. The Kier molecular flexibility index (Phi) is 5.38. The highest BCUT2D eigenvalue weighted by Crippen LogP contribution is 2.26. The number of oxazole rings is 1. The highest BCUT2D eigenvalue weighted by atomic mass is 16.5. The van der Waals surface area contributed by atoms with Gasteiger partial charge in [0.2, 0.25) is 5.89 Å². The fourth-order valence-corrected chi connectivity index (χ4v) is 3.32. The first kappa shape index (κ1) is 18.9. The Hall–Kier alpha value is -3.47. The monoisotopic (exact) mass is 386 g/mol. The lowest BCUT2D eigenvalue weighted by Crippen LogP contribution is -2.07. The number of hydrogen-bond donors (Lipinski definition) is 0. The summed E-state index contributed by atoms with van der Waals surface area (Å²) in [6.07, 6.45) is 3.26. The predicted octanol–water partition coefficient (Wildman–Crippen LogP) is 5.30. The maximum atomic E-state index is 12.4. The Bertz CT molecular complexity index is 1130. The van der Waals surface area contributed by atoms with Crippen LogP contribution in [0.3, 0.4) is 0 Å². The first-order valence-corrected chi connectivity index (χ1v) is 9.65. The van der Waals surface area contributed by atoms with Crippen LogP contribution in [0.2, 0.25) is 0 Å². The van der Waals surface area contributed by atoms with Gasteiger partial charge in [0.25, 0.3) is 0 Å². The fourth-order valence-electron chi connectivity index (χ4n) is 3.32. The first-order valence-electron chi connectivity index (χ1n) is 9.65. The van der Waals surface area contributed by atoms with Gasteiger partial charge in [-0.05, 0) is 69.2 Å². The second-order valence-corrected chi connectivity index (χ2v) is 7.14. The normalized spacial score (nSPS) is 11.0. The van der Waals surface area contributed by atoms with Crippen molar-refractivity contribution in [2.75, 3.05) is 6.61 Å². The minimum Gasteiger partial charge on any atom is -0.462 e. The lowest BCUT2D eigenvalue weighted by Gasteiger charge is -2.04. The van der Waals surface area contributed by atoms with Crippen molar-refractivity contribution in [1.82, 2.24) is 9.97 Å². The number of hydrogen-bond acceptors (Lipinski definition) is 5. The molecule has 0 atom stereocenters. The minimum absolute atomic E-state index is 0.345. The molecule has 5 heteroatoms. The summed E-state index contributed by atoms with van der Waals surface area (Å²) in [6, 6.07) is 17.2. The van der Waals surface area contributed by atoms with Crippen LogP contribution in [0.1, 0.15) is 33.6 Å². The summed E-state index contributed by atoms with van der Waals surface area (Å²) >= 11 is 0. The molecule has 0 aliphatic heterocycles. The van der Waals surface area contributed by atoms with Gasteiger partial charge >= 0.3 is 5.97 Å². The largest absolute Gasteiger partial charge is 0.462 e. The fraction of sp³-hybridized carbons (Fsp3) is 0.208. The summed E-state index contributed by atoms with van der Waals surface area (Å²) in [7, 11) is 0. The van der Waals surface area contributed by atoms with Crippen molar-refractivity contribution in [3.05, 3.63) is 83.2 Å². The molecule has 29 heavy (non-hydrogen) atoms. The maximum absolute atomic E-state index is 12.4. The number of aryl methyl sites for hydroxylation is 3. The summed E-state index contributed by atoms with van der Waals surface area (Å²) in [5.74, 6) is 0.185. The third-order valence-electron chi connectivity index (χ3n) is 4.63. The van der Waals surface area contributed by atoms with E-state index in [1.165, 1.54) is 0 Å². The Balaban J connectivity index is 1.43. The number of rotatable bonds is 6. The molecule has 4 rings (SSSR count). The van der Waals surface area contributed by atoms with E-state index in [0.717, 1.165) is 35.2 Å². The predicted molar refractivity (Wildman–Crippen MR) is 112 cm³/mol. The van der Waals surface area contributed by atoms with Crippen LogP contribution in [-0.4, -0.2) is 22.5 Å². The van der Waals surface area contributed by atoms with Gasteiger partial charge in [0.05, 0.1) is 12.2 Å². The molecule has 0 radical (unpaired) electrons. The second kappa shape index (κ2) is 8.27. The van der Waals surface area contributed by atoms with Crippen LogP contribution in [0.15, 0.2) is 65.2 Å². The number of pyridine rings is 1. The number of carbonyl (C=O) groups excluding carboxylic acids is 1. The smallest absolute Gasteiger partial charge is 0.338 e. The van der Waals surface area contributed by atoms with E-state index in [9.17, 15) is 4.79 Å². The summed E-state index contributed by atoms with van der Waals surface area (Å²) in [5.41, 5.74) is 5.96. The zero-order chi connectivity index (χ0) is 20.2. The number of nitrogens with zero attached hydrogens (tertiary/aromatic N) is 2. The molecule has 4 aromatic rings. The van der Waals surface area contributed by atoms with E-state index < -0.39 is 0 Å². The summed E-state index contributed by atoms with van der Waals surface area (Å²) < 4.78 is 11.3. The molecular weight excluding hydrogens is 364 g/mol. The zero-order valence-corrected chi connectivity index (χ0v) is 16.5. The molecule has 0 aliphatic rings. The van der Waals surface area contributed by atoms with Crippen molar-refractivity contribution in [1.29, 1.82) is 0 Å². The molecule has 5 nitrogen and oxygen atoms in total. The van der Waals surface area contributed by atoms with Gasteiger partial charge < -0.3 is 9.15 Å². The number of ether oxygens (including phenoxy) is 1. The summed E-state index contributed by atoms with van der Waals surface area (Å²) in [5, 5.41) is 0. The van der Waals surface area contributed by atoms with Gasteiger partial charge in [0.1, 0.15) is 5.52 Å². The van der Waals surface area contributed by atoms with Crippen LogP contribution in [0.4, 0.5) is 0 Å². The molecular formula is C24H22N2O3. The standard InChI is InChI=1S/C24H22N2O3/c1-16-12-17(2)14-19(13-16)23-26-21-9-8-18(15-22(21)29-23)24(27)28-11-5-7-20-6-3-4-10-25-20/h3-4,6,8-10,12-15H,5,7,11H2,1-2H3. The number of fused-ring (bicyclic) bond motifs is 1. The molecule has 0 N–H and O–H groups in total. The van der Waals surface area contributed by atoms with Gasteiger partial charge in [-0.15, -0.1) is 0 Å². The molecule has 0 bridgehead atoms. The molecule has 0 unspecified atom stereocenters. The Morgan fingerprint density at radius 3 is 2.62 bits per heavy atom. The van der Waals surface area contributed by atoms with Crippen LogP contribution >= 0.6 is 0 Å². The molecule has 0 saturated heterocycles. The van der Waals surface area contributed by atoms with Gasteiger partial charge in [0.15, 0.2) is 5.58 Å². The number of aromatic nitrogens is 2. The highest BCUT2D eigenvalue weighted by Gasteiger charge is 2.13. The lowest BCUT2D eigenvalue weighted by atomic mass is 10.1. The van der Waals surface area contributed by atoms with Crippen molar-refractivity contribution in [3.8, 4) is 11.5 Å². The maximum Gasteiger partial charge on any atom is 0.338 e. The molecule has 146 valence electrons. The molecule has 2 heterocycles. The van der Waals surface area contributed by atoms with E-state index in [2.05, 4.69) is 16.0 Å². The first-order chi connectivity index (χ1) is 14.1. The van der Waals surface area contributed by atoms with Gasteiger partial charge in [-0.25, -0.2) is 9.78 Å². The van der Waals surface area contributed by atoms with Crippen molar-refractivity contribution in [2.24, 2.45) is 0 Å². The number of benzene rings is 2. The molecule has 0 spiro atoms. The van der Waals surface area contributed by atoms with Crippen molar-refractivity contribution < 1.29 is 13.9 Å². The summed E-state index contributed by atoms with van der Waals surface area (Å²) in [4.78, 5) is 21.2. The minimum atomic E-state index is -0.364. The van der Waals surface area contributed by atoms with Crippen LogP contribution in [0, 0.1) is 13.8 Å². The molecule has 2 aromatic carbocycles. The average Bonchev–Trinajstić information content (AvgIpc) is 3.14. The van der Waals surface area contributed by atoms with Crippen molar-refractivity contribution >= 4 is 17.1 Å². The SMILES string of the molecule is Cc1cc(C)cc(-c2nc3ccc(C(=O)OCCCc4ccccn4)cc3o2)c1. The van der Waals surface area contributed by atoms with E-state index in [-0.39, 0.29) is 5.97 Å². The molecule has 0 saturated carbocycles.